The fraction of sp³-hybridized carbons (Fsp3) is 0.0769. The molecule has 1 amide bonds. The van der Waals surface area contributed by atoms with Crippen molar-refractivity contribution in [3.8, 4) is 28.3 Å². The first-order valence-corrected chi connectivity index (χ1v) is 10.6. The minimum Gasteiger partial charge on any atom is -0.467 e. The Morgan fingerprint density at radius 1 is 0.939 bits per heavy atom. The molecule has 0 spiro atoms. The minimum absolute atomic E-state index is 0.146. The molecule has 3 heterocycles. The molecule has 7 heteroatoms. The predicted molar refractivity (Wildman–Crippen MR) is 125 cm³/mol. The van der Waals surface area contributed by atoms with Gasteiger partial charge in [0.25, 0.3) is 5.91 Å². The molecule has 0 saturated heterocycles. The van der Waals surface area contributed by atoms with Crippen LogP contribution in [0.2, 0.25) is 0 Å². The maximum absolute atomic E-state index is 13.4. The lowest BCUT2D eigenvalue weighted by molar-refractivity contribution is 0.0945. The average molecular weight is 433 g/mol. The molecule has 1 aliphatic carbocycles. The number of rotatable bonds is 4. The van der Waals surface area contributed by atoms with Crippen LogP contribution in [0.15, 0.2) is 79.4 Å². The van der Waals surface area contributed by atoms with Crippen molar-refractivity contribution in [3.05, 3.63) is 96.1 Å². The van der Waals surface area contributed by atoms with Crippen LogP contribution in [0.25, 0.3) is 33.3 Å². The predicted octanol–water partition coefficient (Wildman–Crippen LogP) is 4.53. The highest BCUT2D eigenvalue weighted by Crippen LogP contribution is 2.47. The number of fused-ring (bicyclic) bond motifs is 4. The van der Waals surface area contributed by atoms with Crippen molar-refractivity contribution in [1.82, 2.24) is 25.3 Å². The van der Waals surface area contributed by atoms with Gasteiger partial charge in [0.1, 0.15) is 5.65 Å². The second kappa shape index (κ2) is 7.56. The van der Waals surface area contributed by atoms with Crippen LogP contribution in [0, 0.1) is 0 Å². The Hall–Kier alpha value is -4.52. The highest BCUT2D eigenvalue weighted by molar-refractivity contribution is 6.06. The van der Waals surface area contributed by atoms with Gasteiger partial charge >= 0.3 is 6.01 Å². The molecule has 0 aliphatic heterocycles. The minimum atomic E-state index is -0.273. The maximum Gasteiger partial charge on any atom is 0.316 e. The summed E-state index contributed by atoms with van der Waals surface area (Å²) < 4.78 is 5.11. The summed E-state index contributed by atoms with van der Waals surface area (Å²) in [6.07, 6.45) is 6.95. The summed E-state index contributed by atoms with van der Waals surface area (Å²) in [6.45, 7) is 0. The third kappa shape index (κ3) is 3.05. The van der Waals surface area contributed by atoms with E-state index in [0.717, 1.165) is 38.8 Å². The number of pyridine rings is 1. The van der Waals surface area contributed by atoms with Gasteiger partial charge in [-0.1, -0.05) is 42.5 Å². The number of hydrogen-bond acceptors (Lipinski definition) is 5. The number of hydrogen-bond donors (Lipinski definition) is 2. The lowest BCUT2D eigenvalue weighted by Crippen LogP contribution is -2.28. The highest BCUT2D eigenvalue weighted by Gasteiger charge is 2.32. The Morgan fingerprint density at radius 3 is 2.58 bits per heavy atom. The Bertz CT molecular complexity index is 1510. The summed E-state index contributed by atoms with van der Waals surface area (Å²) in [5, 5.41) is 4.05. The van der Waals surface area contributed by atoms with Crippen molar-refractivity contribution in [2.75, 3.05) is 7.11 Å². The van der Waals surface area contributed by atoms with Crippen molar-refractivity contribution in [3.63, 3.8) is 0 Å². The smallest absolute Gasteiger partial charge is 0.316 e. The molecular formula is C26H19N5O2. The van der Waals surface area contributed by atoms with E-state index in [9.17, 15) is 4.79 Å². The molecule has 0 saturated carbocycles. The summed E-state index contributed by atoms with van der Waals surface area (Å²) in [4.78, 5) is 29.3. The van der Waals surface area contributed by atoms with Gasteiger partial charge in [-0.25, -0.2) is 15.0 Å². The van der Waals surface area contributed by atoms with E-state index in [2.05, 4.69) is 49.5 Å². The zero-order valence-electron chi connectivity index (χ0n) is 17.7. The van der Waals surface area contributed by atoms with Gasteiger partial charge in [-0.15, -0.1) is 0 Å². The van der Waals surface area contributed by atoms with Crippen LogP contribution >= 0.6 is 0 Å². The Kier molecular flexibility index (Phi) is 4.40. The zero-order chi connectivity index (χ0) is 22.4. The molecule has 2 N–H and O–H groups in total. The SMILES string of the molecule is COc1ncc(-c2cccc3c2-c2ccccc2C3NC(=O)c2ccnc3[nH]ccc23)cn1. The maximum atomic E-state index is 13.4. The monoisotopic (exact) mass is 433 g/mol. The van der Waals surface area contributed by atoms with Crippen molar-refractivity contribution >= 4 is 16.9 Å². The Labute approximate surface area is 189 Å². The molecule has 1 aliphatic rings. The van der Waals surface area contributed by atoms with Crippen LogP contribution in [0.3, 0.4) is 0 Å². The third-order valence-electron chi connectivity index (χ3n) is 6.05. The Morgan fingerprint density at radius 2 is 1.73 bits per heavy atom. The van der Waals surface area contributed by atoms with Crippen LogP contribution < -0.4 is 10.1 Å². The standard InChI is InChI=1S/C26H19N5O2/c1-33-26-29-13-15(14-30-26)16-7-4-8-21-22(16)17-5-2-3-6-18(17)23(21)31-25(32)20-10-12-28-24-19(20)9-11-27-24/h2-14,23H,1H3,(H,27,28)(H,31,32). The van der Waals surface area contributed by atoms with Crippen molar-refractivity contribution in [1.29, 1.82) is 0 Å². The lowest BCUT2D eigenvalue weighted by Gasteiger charge is -2.17. The first kappa shape index (κ1) is 19.2. The number of aromatic nitrogens is 4. The van der Waals surface area contributed by atoms with Crippen molar-refractivity contribution < 1.29 is 9.53 Å². The number of methoxy groups -OCH3 is 1. The van der Waals surface area contributed by atoms with E-state index >= 15 is 0 Å². The second-order valence-electron chi connectivity index (χ2n) is 7.82. The van der Waals surface area contributed by atoms with E-state index in [-0.39, 0.29) is 11.9 Å². The topological polar surface area (TPSA) is 92.8 Å². The van der Waals surface area contributed by atoms with E-state index in [0.29, 0.717) is 17.2 Å². The molecule has 1 atom stereocenters. The largest absolute Gasteiger partial charge is 0.467 e. The number of amides is 1. The van der Waals surface area contributed by atoms with E-state index in [4.69, 9.17) is 4.74 Å². The summed E-state index contributed by atoms with van der Waals surface area (Å²) in [5.74, 6) is -0.146. The molecule has 33 heavy (non-hydrogen) atoms. The van der Waals surface area contributed by atoms with Gasteiger partial charge in [0.05, 0.1) is 18.7 Å². The number of ether oxygens (including phenoxy) is 1. The van der Waals surface area contributed by atoms with Crippen LogP contribution in [0.1, 0.15) is 27.5 Å². The van der Waals surface area contributed by atoms with Gasteiger partial charge in [-0.3, -0.25) is 4.79 Å². The van der Waals surface area contributed by atoms with Crippen molar-refractivity contribution in [2.24, 2.45) is 0 Å². The Balaban J connectivity index is 1.45. The fourth-order valence-corrected chi connectivity index (χ4v) is 4.58. The molecule has 0 fully saturated rings. The summed E-state index contributed by atoms with van der Waals surface area (Å²) in [7, 11) is 1.54. The summed E-state index contributed by atoms with van der Waals surface area (Å²) in [5.41, 5.74) is 7.44. The van der Waals surface area contributed by atoms with Crippen molar-refractivity contribution in [2.45, 2.75) is 6.04 Å². The van der Waals surface area contributed by atoms with E-state index < -0.39 is 0 Å². The molecule has 1 unspecified atom stereocenters. The number of nitrogens with zero attached hydrogens (tertiary/aromatic N) is 3. The molecule has 7 nitrogen and oxygen atoms in total. The normalized spacial score (nSPS) is 14.0. The number of nitrogens with one attached hydrogen (secondary N) is 2. The number of carbonyl (C=O) groups is 1. The van der Waals surface area contributed by atoms with Gasteiger partial charge in [-0.05, 0) is 39.9 Å². The van der Waals surface area contributed by atoms with Gasteiger partial charge in [0, 0.05) is 35.7 Å². The lowest BCUT2D eigenvalue weighted by atomic mass is 9.95. The highest BCUT2D eigenvalue weighted by atomic mass is 16.5. The van der Waals surface area contributed by atoms with Crippen LogP contribution in [0.5, 0.6) is 6.01 Å². The van der Waals surface area contributed by atoms with Gasteiger partial charge in [-0.2, -0.15) is 0 Å². The molecule has 160 valence electrons. The first-order chi connectivity index (χ1) is 16.2. The summed E-state index contributed by atoms with van der Waals surface area (Å²) >= 11 is 0. The van der Waals surface area contributed by atoms with Gasteiger partial charge in [0.2, 0.25) is 0 Å². The van der Waals surface area contributed by atoms with Gasteiger partial charge in [0.15, 0.2) is 0 Å². The molecule has 0 radical (unpaired) electrons. The average Bonchev–Trinajstić information content (AvgIpc) is 3.47. The molecule has 2 aromatic carbocycles. The van der Waals surface area contributed by atoms with Crippen LogP contribution in [0.4, 0.5) is 0 Å². The van der Waals surface area contributed by atoms with E-state index in [1.165, 1.54) is 0 Å². The molecule has 3 aromatic heterocycles. The fourth-order valence-electron chi connectivity index (χ4n) is 4.58. The second-order valence-corrected chi connectivity index (χ2v) is 7.82. The third-order valence-corrected chi connectivity index (χ3v) is 6.05. The summed E-state index contributed by atoms with van der Waals surface area (Å²) in [6, 6.07) is 17.9. The molecular weight excluding hydrogens is 414 g/mol. The van der Waals surface area contributed by atoms with E-state index in [1.807, 2.05) is 24.3 Å². The van der Waals surface area contributed by atoms with Gasteiger partial charge < -0.3 is 15.0 Å². The van der Waals surface area contributed by atoms with Crippen LogP contribution in [-0.2, 0) is 0 Å². The number of benzene rings is 2. The van der Waals surface area contributed by atoms with E-state index in [1.54, 1.807) is 38.0 Å². The van der Waals surface area contributed by atoms with Crippen LogP contribution in [-0.4, -0.2) is 33.0 Å². The number of H-pyrrole nitrogens is 1. The number of aromatic amines is 1. The molecule has 6 rings (SSSR count). The number of carbonyl (C=O) groups excluding carboxylic acids is 1. The zero-order valence-corrected chi connectivity index (χ0v) is 17.7. The first-order valence-electron chi connectivity index (χ1n) is 10.6. The molecule has 5 aromatic rings. The quantitative estimate of drug-likeness (QED) is 0.434. The molecule has 0 bridgehead atoms.